The number of carboxylic acids is 1. The van der Waals surface area contributed by atoms with Gasteiger partial charge < -0.3 is 14.6 Å². The lowest BCUT2D eigenvalue weighted by Crippen LogP contribution is -2.39. The normalized spacial score (nSPS) is 17.8. The molecule has 0 bridgehead atoms. The number of ether oxygens (including phenoxy) is 2. The van der Waals surface area contributed by atoms with Gasteiger partial charge in [-0.1, -0.05) is 18.2 Å². The van der Waals surface area contributed by atoms with Crippen LogP contribution >= 0.6 is 0 Å². The highest BCUT2D eigenvalue weighted by Crippen LogP contribution is 2.27. The van der Waals surface area contributed by atoms with Crippen LogP contribution in [0.15, 0.2) is 42.5 Å². The minimum atomic E-state index is -0.763. The molecule has 1 atom stereocenters. The molecule has 0 spiro atoms. The number of hydrogen-bond donors (Lipinski definition) is 1. The summed E-state index contributed by atoms with van der Waals surface area (Å²) in [5.74, 6) is 0.853. The first-order valence-corrected chi connectivity index (χ1v) is 8.92. The van der Waals surface area contributed by atoms with Crippen molar-refractivity contribution in [3.8, 4) is 11.5 Å². The summed E-state index contributed by atoms with van der Waals surface area (Å²) < 4.78 is 11.8. The van der Waals surface area contributed by atoms with Crippen molar-refractivity contribution in [3.63, 3.8) is 0 Å². The Labute approximate surface area is 154 Å². The Morgan fingerprint density at radius 1 is 1.15 bits per heavy atom. The van der Waals surface area contributed by atoms with Gasteiger partial charge in [-0.25, -0.2) is 0 Å². The second-order valence-corrected chi connectivity index (χ2v) is 6.72. The number of aryl methyl sites for hydroxylation is 2. The molecule has 0 saturated carbocycles. The monoisotopic (exact) mass is 355 g/mol. The Morgan fingerprint density at radius 2 is 1.88 bits per heavy atom. The van der Waals surface area contributed by atoms with E-state index in [0.717, 1.165) is 23.6 Å². The third kappa shape index (κ3) is 4.84. The average molecular weight is 355 g/mol. The third-order valence-electron chi connectivity index (χ3n) is 4.76. The van der Waals surface area contributed by atoms with Crippen LogP contribution in [-0.4, -0.2) is 42.2 Å². The lowest BCUT2D eigenvalue weighted by molar-refractivity contribution is -0.137. The van der Waals surface area contributed by atoms with E-state index in [9.17, 15) is 4.79 Å². The number of nitrogens with zero attached hydrogens (tertiary/aromatic N) is 1. The number of carbonyl (C=O) groups is 1. The highest BCUT2D eigenvalue weighted by molar-refractivity contribution is 5.66. The lowest BCUT2D eigenvalue weighted by Gasteiger charge is -2.32. The lowest BCUT2D eigenvalue weighted by atomic mass is 10.1. The molecule has 2 aromatic rings. The summed E-state index contributed by atoms with van der Waals surface area (Å²) in [7, 11) is 0. The van der Waals surface area contributed by atoms with Crippen LogP contribution in [0.5, 0.6) is 11.5 Å². The van der Waals surface area contributed by atoms with E-state index >= 15 is 0 Å². The molecule has 1 aliphatic heterocycles. The molecule has 1 unspecified atom stereocenters. The van der Waals surface area contributed by atoms with Crippen molar-refractivity contribution in [2.24, 2.45) is 0 Å². The zero-order valence-corrected chi connectivity index (χ0v) is 15.3. The van der Waals surface area contributed by atoms with Crippen LogP contribution in [0.25, 0.3) is 0 Å². The summed E-state index contributed by atoms with van der Waals surface area (Å²) in [5.41, 5.74) is 3.53. The molecular weight excluding hydrogens is 330 g/mol. The highest BCUT2D eigenvalue weighted by Gasteiger charge is 2.22. The van der Waals surface area contributed by atoms with Gasteiger partial charge in [-0.2, -0.15) is 0 Å². The number of benzene rings is 2. The Kier molecular flexibility index (Phi) is 5.91. The summed E-state index contributed by atoms with van der Waals surface area (Å²) in [6.45, 7) is 6.82. The van der Waals surface area contributed by atoms with E-state index in [1.807, 2.05) is 36.4 Å². The fraction of sp³-hybridized carbons (Fsp3) is 0.381. The van der Waals surface area contributed by atoms with Crippen molar-refractivity contribution in [1.82, 2.24) is 4.90 Å². The summed E-state index contributed by atoms with van der Waals surface area (Å²) in [6, 6.07) is 14.0. The number of rotatable bonds is 6. The van der Waals surface area contributed by atoms with Crippen molar-refractivity contribution in [1.29, 1.82) is 0 Å². The molecule has 0 aliphatic carbocycles. The molecule has 5 nitrogen and oxygen atoms in total. The van der Waals surface area contributed by atoms with Gasteiger partial charge >= 0.3 is 5.97 Å². The topological polar surface area (TPSA) is 59.0 Å². The van der Waals surface area contributed by atoms with Gasteiger partial charge in [0.15, 0.2) is 0 Å². The Morgan fingerprint density at radius 3 is 2.58 bits per heavy atom. The van der Waals surface area contributed by atoms with Crippen molar-refractivity contribution in [2.75, 3.05) is 26.2 Å². The molecule has 3 rings (SSSR count). The van der Waals surface area contributed by atoms with Crippen LogP contribution in [0.4, 0.5) is 0 Å². The maximum Gasteiger partial charge on any atom is 0.304 e. The largest absolute Gasteiger partial charge is 0.481 e. The van der Waals surface area contributed by atoms with Crippen LogP contribution in [0.1, 0.15) is 29.2 Å². The molecule has 5 heteroatoms. The molecule has 1 N–H and O–H groups in total. The first-order valence-electron chi connectivity index (χ1n) is 8.92. The second kappa shape index (κ2) is 8.34. The molecular formula is C21H25NO4. The average Bonchev–Trinajstić information content (AvgIpc) is 2.64. The van der Waals surface area contributed by atoms with Gasteiger partial charge in [0, 0.05) is 19.6 Å². The van der Waals surface area contributed by atoms with Gasteiger partial charge in [0.1, 0.15) is 11.5 Å². The van der Waals surface area contributed by atoms with Crippen LogP contribution in [0, 0.1) is 13.8 Å². The van der Waals surface area contributed by atoms with Crippen LogP contribution < -0.4 is 4.74 Å². The SMILES string of the molecule is Cc1ccc(Oc2ccc(C3CN(CCC(=O)O)CCO3)cc2)cc1C. The number of morpholine rings is 1. The standard InChI is InChI=1S/C21H25NO4/c1-15-3-6-19(13-16(15)2)26-18-7-4-17(5-8-18)20-14-22(11-12-25-20)10-9-21(23)24/h3-8,13,20H,9-12,14H2,1-2H3,(H,23,24). The van der Waals surface area contributed by atoms with E-state index < -0.39 is 5.97 Å². The summed E-state index contributed by atoms with van der Waals surface area (Å²) >= 11 is 0. The fourth-order valence-corrected chi connectivity index (χ4v) is 3.03. The summed E-state index contributed by atoms with van der Waals surface area (Å²) in [6.07, 6.45) is 0.128. The molecule has 0 amide bonds. The minimum absolute atomic E-state index is 0.0341. The van der Waals surface area contributed by atoms with Crippen molar-refractivity contribution in [3.05, 3.63) is 59.2 Å². The van der Waals surface area contributed by atoms with Gasteiger partial charge in [0.2, 0.25) is 0 Å². The predicted octanol–water partition coefficient (Wildman–Crippen LogP) is 3.94. The zero-order valence-electron chi connectivity index (χ0n) is 15.3. The van der Waals surface area contributed by atoms with E-state index in [0.29, 0.717) is 19.7 Å². The van der Waals surface area contributed by atoms with Gasteiger partial charge in [0.25, 0.3) is 0 Å². The predicted molar refractivity (Wildman–Crippen MR) is 99.8 cm³/mol. The molecule has 0 radical (unpaired) electrons. The highest BCUT2D eigenvalue weighted by atomic mass is 16.5. The maximum absolute atomic E-state index is 10.7. The first-order chi connectivity index (χ1) is 12.5. The van der Waals surface area contributed by atoms with E-state index in [2.05, 4.69) is 24.8 Å². The molecule has 1 fully saturated rings. The van der Waals surface area contributed by atoms with Crippen LogP contribution in [0.2, 0.25) is 0 Å². The third-order valence-corrected chi connectivity index (χ3v) is 4.76. The zero-order chi connectivity index (χ0) is 18.5. The van der Waals surface area contributed by atoms with Gasteiger partial charge in [-0.05, 0) is 54.8 Å². The molecule has 0 aromatic heterocycles. The van der Waals surface area contributed by atoms with E-state index in [-0.39, 0.29) is 12.5 Å². The van der Waals surface area contributed by atoms with Crippen LogP contribution in [-0.2, 0) is 9.53 Å². The van der Waals surface area contributed by atoms with Gasteiger partial charge in [-0.3, -0.25) is 9.69 Å². The van der Waals surface area contributed by atoms with Crippen molar-refractivity contribution < 1.29 is 19.4 Å². The smallest absolute Gasteiger partial charge is 0.304 e. The Bertz CT molecular complexity index is 757. The second-order valence-electron chi connectivity index (χ2n) is 6.72. The maximum atomic E-state index is 10.7. The summed E-state index contributed by atoms with van der Waals surface area (Å²) in [4.78, 5) is 12.9. The van der Waals surface area contributed by atoms with E-state index in [4.69, 9.17) is 14.6 Å². The molecule has 1 heterocycles. The Balaban J connectivity index is 1.61. The number of hydrogen-bond acceptors (Lipinski definition) is 4. The summed E-state index contributed by atoms with van der Waals surface area (Å²) in [5, 5.41) is 8.84. The molecule has 2 aromatic carbocycles. The molecule has 26 heavy (non-hydrogen) atoms. The molecule has 1 aliphatic rings. The van der Waals surface area contributed by atoms with E-state index in [1.54, 1.807) is 0 Å². The van der Waals surface area contributed by atoms with Gasteiger partial charge in [-0.15, -0.1) is 0 Å². The first kappa shape index (κ1) is 18.4. The number of carboxylic acid groups (broad SMARTS) is 1. The van der Waals surface area contributed by atoms with Crippen molar-refractivity contribution >= 4 is 5.97 Å². The van der Waals surface area contributed by atoms with Gasteiger partial charge in [0.05, 0.1) is 19.1 Å². The van der Waals surface area contributed by atoms with Crippen molar-refractivity contribution in [2.45, 2.75) is 26.4 Å². The van der Waals surface area contributed by atoms with Crippen LogP contribution in [0.3, 0.4) is 0 Å². The fourth-order valence-electron chi connectivity index (χ4n) is 3.03. The minimum Gasteiger partial charge on any atom is -0.481 e. The quantitative estimate of drug-likeness (QED) is 0.850. The molecule has 138 valence electrons. The number of aliphatic carboxylic acids is 1. The van der Waals surface area contributed by atoms with E-state index in [1.165, 1.54) is 11.1 Å². The Hall–Kier alpha value is -2.37. The molecule has 1 saturated heterocycles.